The van der Waals surface area contributed by atoms with Gasteiger partial charge >= 0.3 is 0 Å². The van der Waals surface area contributed by atoms with Gasteiger partial charge in [0.1, 0.15) is 23.4 Å². The molecule has 38 heavy (non-hydrogen) atoms. The smallest absolute Gasteiger partial charge is 0.256 e. The van der Waals surface area contributed by atoms with Gasteiger partial charge in [-0.3, -0.25) is 24.3 Å². The predicted octanol–water partition coefficient (Wildman–Crippen LogP) is 3.15. The molecule has 1 N–H and O–H groups in total. The van der Waals surface area contributed by atoms with E-state index in [1.807, 2.05) is 6.07 Å². The van der Waals surface area contributed by atoms with Crippen LogP contribution in [0, 0.1) is 11.6 Å². The van der Waals surface area contributed by atoms with Crippen molar-refractivity contribution in [3.05, 3.63) is 101 Å². The average molecular weight is 521 g/mol. The molecule has 0 aliphatic carbocycles. The number of rotatable bonds is 5. The second-order valence-electron chi connectivity index (χ2n) is 9.31. The molecule has 0 saturated carbocycles. The summed E-state index contributed by atoms with van der Waals surface area (Å²) in [4.78, 5) is 46.8. The molecule has 2 aliphatic heterocycles. The maximum absolute atomic E-state index is 14.2. The standard InChI is InChI=1S/C28H26F2N4O4/c29-21-7-3-6-20(15-21)26(36)34-24(25(35)32-17-19-5-4-12-31-16-19)18-38-28(34)10-13-33(14-11-28)27(37)22-8-1-2-9-23(22)30/h1-9,12,15-16,24H,10-11,13-14,17-18H2,(H,32,35)/t24-/m1/s1. The third kappa shape index (κ3) is 4.99. The van der Waals surface area contributed by atoms with Crippen LogP contribution in [0.2, 0.25) is 0 Å². The molecule has 2 aromatic carbocycles. The van der Waals surface area contributed by atoms with Crippen molar-refractivity contribution in [3.63, 3.8) is 0 Å². The van der Waals surface area contributed by atoms with E-state index in [9.17, 15) is 23.2 Å². The van der Waals surface area contributed by atoms with E-state index >= 15 is 0 Å². The van der Waals surface area contributed by atoms with E-state index in [2.05, 4.69) is 10.3 Å². The fourth-order valence-electron chi connectivity index (χ4n) is 5.00. The molecule has 2 saturated heterocycles. The maximum atomic E-state index is 14.2. The van der Waals surface area contributed by atoms with E-state index < -0.39 is 41.1 Å². The minimum atomic E-state index is -1.17. The first-order chi connectivity index (χ1) is 18.4. The van der Waals surface area contributed by atoms with Crippen LogP contribution in [0.3, 0.4) is 0 Å². The number of hydrogen-bond donors (Lipinski definition) is 1. The topological polar surface area (TPSA) is 91.8 Å². The molecule has 3 heterocycles. The molecule has 3 aromatic rings. The number of likely N-dealkylation sites (tertiary alicyclic amines) is 1. The van der Waals surface area contributed by atoms with Gasteiger partial charge in [-0.15, -0.1) is 0 Å². The lowest BCUT2D eigenvalue weighted by Gasteiger charge is -2.44. The summed E-state index contributed by atoms with van der Waals surface area (Å²) in [6.07, 6.45) is 3.68. The number of amides is 3. The summed E-state index contributed by atoms with van der Waals surface area (Å²) in [6.45, 7) is 0.526. The highest BCUT2D eigenvalue weighted by molar-refractivity contribution is 5.98. The van der Waals surface area contributed by atoms with Gasteiger partial charge in [-0.1, -0.05) is 24.3 Å². The molecule has 1 aromatic heterocycles. The molecule has 196 valence electrons. The van der Waals surface area contributed by atoms with Gasteiger partial charge < -0.3 is 15.0 Å². The van der Waals surface area contributed by atoms with Gasteiger partial charge in [0.05, 0.1) is 12.2 Å². The molecular weight excluding hydrogens is 494 g/mol. The van der Waals surface area contributed by atoms with E-state index in [4.69, 9.17) is 4.74 Å². The molecular formula is C28H26F2N4O4. The lowest BCUT2D eigenvalue weighted by atomic mass is 9.96. The van der Waals surface area contributed by atoms with Crippen molar-refractivity contribution in [2.75, 3.05) is 19.7 Å². The fraction of sp³-hybridized carbons (Fsp3) is 0.286. The van der Waals surface area contributed by atoms with E-state index in [-0.39, 0.29) is 50.2 Å². The Morgan fingerprint density at radius 1 is 1.00 bits per heavy atom. The number of nitrogens with one attached hydrogen (secondary N) is 1. The third-order valence-electron chi connectivity index (χ3n) is 6.98. The molecule has 0 bridgehead atoms. The number of halogens is 2. The summed E-state index contributed by atoms with van der Waals surface area (Å²) in [7, 11) is 0. The van der Waals surface area contributed by atoms with Crippen molar-refractivity contribution in [1.29, 1.82) is 0 Å². The van der Waals surface area contributed by atoms with Crippen LogP contribution < -0.4 is 5.32 Å². The van der Waals surface area contributed by atoms with Crippen molar-refractivity contribution in [2.45, 2.75) is 31.2 Å². The first kappa shape index (κ1) is 25.5. The zero-order chi connectivity index (χ0) is 26.7. The zero-order valence-corrected chi connectivity index (χ0v) is 20.5. The fourth-order valence-corrected chi connectivity index (χ4v) is 5.00. The number of pyridine rings is 1. The van der Waals surface area contributed by atoms with E-state index in [1.165, 1.54) is 46.2 Å². The molecule has 1 spiro atoms. The Kier molecular flexibility index (Phi) is 7.15. The van der Waals surface area contributed by atoms with Gasteiger partial charge in [-0.05, 0) is 42.0 Å². The van der Waals surface area contributed by atoms with E-state index in [0.29, 0.717) is 0 Å². The summed E-state index contributed by atoms with van der Waals surface area (Å²) in [6, 6.07) is 13.6. The highest BCUT2D eigenvalue weighted by atomic mass is 19.1. The van der Waals surface area contributed by atoms with Crippen LogP contribution in [0.5, 0.6) is 0 Å². The van der Waals surface area contributed by atoms with Crippen molar-refractivity contribution in [1.82, 2.24) is 20.1 Å². The molecule has 0 radical (unpaired) electrons. The third-order valence-corrected chi connectivity index (χ3v) is 6.98. The normalized spacial score (nSPS) is 18.4. The zero-order valence-electron chi connectivity index (χ0n) is 20.5. The van der Waals surface area contributed by atoms with Gasteiger partial charge in [0.2, 0.25) is 5.91 Å². The second-order valence-corrected chi connectivity index (χ2v) is 9.31. The number of piperidine rings is 1. The van der Waals surface area contributed by atoms with Crippen LogP contribution >= 0.6 is 0 Å². The summed E-state index contributed by atoms with van der Waals surface area (Å²) in [5.74, 6) is -2.60. The van der Waals surface area contributed by atoms with Gasteiger partial charge in [0.15, 0.2) is 0 Å². The van der Waals surface area contributed by atoms with Crippen molar-refractivity contribution < 1.29 is 27.9 Å². The minimum Gasteiger partial charge on any atom is -0.353 e. The summed E-state index contributed by atoms with van der Waals surface area (Å²) < 4.78 is 34.3. The Bertz CT molecular complexity index is 1350. The van der Waals surface area contributed by atoms with Crippen LogP contribution in [-0.2, 0) is 16.1 Å². The van der Waals surface area contributed by atoms with Crippen LogP contribution in [0.1, 0.15) is 39.1 Å². The second kappa shape index (κ2) is 10.7. The summed E-state index contributed by atoms with van der Waals surface area (Å²) >= 11 is 0. The Hall–Kier alpha value is -4.18. The highest BCUT2D eigenvalue weighted by Crippen LogP contribution is 2.39. The summed E-state index contributed by atoms with van der Waals surface area (Å²) in [5.41, 5.74) is -0.329. The van der Waals surface area contributed by atoms with Gasteiger partial charge in [0, 0.05) is 50.4 Å². The average Bonchev–Trinajstić information content (AvgIpc) is 3.30. The number of nitrogens with zero attached hydrogens (tertiary/aromatic N) is 3. The molecule has 10 heteroatoms. The first-order valence-corrected chi connectivity index (χ1v) is 12.3. The minimum absolute atomic E-state index is 0.0314. The largest absolute Gasteiger partial charge is 0.353 e. The quantitative estimate of drug-likeness (QED) is 0.558. The van der Waals surface area contributed by atoms with Gasteiger partial charge in [0.25, 0.3) is 11.8 Å². The number of ether oxygens (including phenoxy) is 1. The lowest BCUT2D eigenvalue weighted by Crippen LogP contribution is -2.59. The molecule has 8 nitrogen and oxygen atoms in total. The Morgan fingerprint density at radius 3 is 2.50 bits per heavy atom. The van der Waals surface area contributed by atoms with Crippen molar-refractivity contribution in [3.8, 4) is 0 Å². The van der Waals surface area contributed by atoms with Gasteiger partial charge in [-0.2, -0.15) is 0 Å². The molecule has 1 atom stereocenters. The van der Waals surface area contributed by atoms with Crippen molar-refractivity contribution >= 4 is 17.7 Å². The maximum Gasteiger partial charge on any atom is 0.256 e. The van der Waals surface area contributed by atoms with Crippen LogP contribution in [-0.4, -0.2) is 64.0 Å². The number of benzene rings is 2. The van der Waals surface area contributed by atoms with Crippen LogP contribution in [0.15, 0.2) is 73.1 Å². The van der Waals surface area contributed by atoms with Crippen molar-refractivity contribution in [2.24, 2.45) is 0 Å². The number of aromatic nitrogens is 1. The number of hydrogen-bond acceptors (Lipinski definition) is 5. The molecule has 3 amide bonds. The molecule has 2 aliphatic rings. The summed E-state index contributed by atoms with van der Waals surface area (Å²) in [5, 5.41) is 2.83. The van der Waals surface area contributed by atoms with E-state index in [1.54, 1.807) is 24.5 Å². The monoisotopic (exact) mass is 520 g/mol. The Labute approximate surface area is 218 Å². The van der Waals surface area contributed by atoms with Gasteiger partial charge in [-0.25, -0.2) is 8.78 Å². The molecule has 2 fully saturated rings. The SMILES string of the molecule is O=C(NCc1cccnc1)[C@H]1COC2(CCN(C(=O)c3ccccc3F)CC2)N1C(=O)c1cccc(F)c1. The lowest BCUT2D eigenvalue weighted by molar-refractivity contribution is -0.128. The molecule has 5 rings (SSSR count). The predicted molar refractivity (Wildman–Crippen MR) is 133 cm³/mol. The van der Waals surface area contributed by atoms with E-state index in [0.717, 1.165) is 11.6 Å². The Morgan fingerprint density at radius 2 is 1.79 bits per heavy atom. The number of carbonyl (C=O) groups excluding carboxylic acids is 3. The highest BCUT2D eigenvalue weighted by Gasteiger charge is 2.54. The van der Waals surface area contributed by atoms with Crippen LogP contribution in [0.25, 0.3) is 0 Å². The first-order valence-electron chi connectivity index (χ1n) is 12.3. The number of carbonyl (C=O) groups is 3. The molecule has 0 unspecified atom stereocenters. The van der Waals surface area contributed by atoms with Crippen LogP contribution in [0.4, 0.5) is 8.78 Å². The Balaban J connectivity index is 1.37.